The highest BCUT2D eigenvalue weighted by Gasteiger charge is 2.24. The van der Waals surface area contributed by atoms with E-state index in [1.54, 1.807) is 11.7 Å². The summed E-state index contributed by atoms with van der Waals surface area (Å²) in [5, 5.41) is 5.10. The van der Waals surface area contributed by atoms with Crippen molar-refractivity contribution in [1.29, 1.82) is 0 Å². The van der Waals surface area contributed by atoms with Crippen LogP contribution in [0.1, 0.15) is 17.3 Å². The van der Waals surface area contributed by atoms with Crippen LogP contribution in [-0.2, 0) is 7.05 Å². The van der Waals surface area contributed by atoms with Crippen molar-refractivity contribution in [3.8, 4) is 0 Å². The molecule has 0 aliphatic rings. The molecule has 1 heterocycles. The number of fused-ring (bicyclic) bond motifs is 1. The minimum absolute atomic E-state index is 0.176. The number of para-hydroxylation sites is 1. The molecule has 3 rings (SSSR count). The molecule has 6 heteroatoms. The Morgan fingerprint density at radius 2 is 1.90 bits per heavy atom. The number of nitrogens with two attached hydrogens (primary N) is 1. The lowest BCUT2D eigenvalue weighted by atomic mass is 10.0. The summed E-state index contributed by atoms with van der Waals surface area (Å²) in [6, 6.07) is 8.96. The van der Waals surface area contributed by atoms with E-state index in [2.05, 4.69) is 21.0 Å². The van der Waals surface area contributed by atoms with Crippen molar-refractivity contribution in [2.45, 2.75) is 6.04 Å². The number of benzene rings is 2. The van der Waals surface area contributed by atoms with Crippen molar-refractivity contribution in [1.82, 2.24) is 9.78 Å². The molecule has 0 radical (unpaired) electrons. The minimum atomic E-state index is -0.978. The van der Waals surface area contributed by atoms with Gasteiger partial charge in [-0.1, -0.05) is 18.2 Å². The van der Waals surface area contributed by atoms with Crippen LogP contribution in [-0.4, -0.2) is 9.78 Å². The second-order valence-corrected chi connectivity index (χ2v) is 5.61. The second kappa shape index (κ2) is 5.20. The van der Waals surface area contributed by atoms with Gasteiger partial charge in [-0.05, 0) is 34.1 Å². The van der Waals surface area contributed by atoms with E-state index in [0.717, 1.165) is 10.9 Å². The van der Waals surface area contributed by atoms with Crippen molar-refractivity contribution < 1.29 is 8.78 Å². The molecule has 108 valence electrons. The summed E-state index contributed by atoms with van der Waals surface area (Å²) in [6.07, 6.45) is 0. The number of hydrogen-bond acceptors (Lipinski definition) is 2. The molecule has 1 atom stereocenters. The largest absolute Gasteiger partial charge is 0.319 e. The molecule has 3 nitrogen and oxygen atoms in total. The van der Waals surface area contributed by atoms with Crippen LogP contribution >= 0.6 is 15.9 Å². The van der Waals surface area contributed by atoms with Crippen LogP contribution in [0.3, 0.4) is 0 Å². The fraction of sp³-hybridized carbons (Fsp3) is 0.133. The number of rotatable bonds is 2. The fourth-order valence-electron chi connectivity index (χ4n) is 2.44. The summed E-state index contributed by atoms with van der Waals surface area (Å²) in [5.41, 5.74) is 7.21. The third-order valence-electron chi connectivity index (χ3n) is 3.47. The van der Waals surface area contributed by atoms with Gasteiger partial charge in [0.15, 0.2) is 0 Å². The van der Waals surface area contributed by atoms with Gasteiger partial charge in [0.2, 0.25) is 0 Å². The Balaban J connectivity index is 2.22. The van der Waals surface area contributed by atoms with Gasteiger partial charge in [0.1, 0.15) is 11.6 Å². The number of halogens is 3. The number of nitrogens with zero attached hydrogens (tertiary/aromatic N) is 2. The molecular weight excluding hydrogens is 340 g/mol. The molecule has 2 aromatic carbocycles. The first-order valence-electron chi connectivity index (χ1n) is 6.31. The summed E-state index contributed by atoms with van der Waals surface area (Å²) >= 11 is 3.05. The molecule has 0 aliphatic heterocycles. The topological polar surface area (TPSA) is 43.8 Å². The van der Waals surface area contributed by atoms with Gasteiger partial charge in [-0.15, -0.1) is 0 Å². The molecular formula is C15H12BrF2N3. The van der Waals surface area contributed by atoms with Gasteiger partial charge in [-0.2, -0.15) is 5.10 Å². The zero-order valence-electron chi connectivity index (χ0n) is 11.1. The quantitative estimate of drug-likeness (QED) is 0.716. The van der Waals surface area contributed by atoms with Gasteiger partial charge in [0.25, 0.3) is 0 Å². The molecule has 1 aromatic heterocycles. The maximum atomic E-state index is 14.2. The molecule has 0 fully saturated rings. The molecule has 1 unspecified atom stereocenters. The average molecular weight is 352 g/mol. The molecule has 0 aliphatic carbocycles. The zero-order chi connectivity index (χ0) is 15.1. The van der Waals surface area contributed by atoms with Crippen LogP contribution in [0.2, 0.25) is 0 Å². The molecule has 0 spiro atoms. The van der Waals surface area contributed by atoms with E-state index in [9.17, 15) is 8.78 Å². The maximum absolute atomic E-state index is 14.2. The summed E-state index contributed by atoms with van der Waals surface area (Å²) in [6.45, 7) is 0. The lowest BCUT2D eigenvalue weighted by molar-refractivity contribution is 0.536. The van der Waals surface area contributed by atoms with Gasteiger partial charge in [-0.3, -0.25) is 4.68 Å². The van der Waals surface area contributed by atoms with Gasteiger partial charge >= 0.3 is 0 Å². The number of aromatic nitrogens is 2. The van der Waals surface area contributed by atoms with E-state index in [1.807, 2.05) is 24.3 Å². The summed E-state index contributed by atoms with van der Waals surface area (Å²) in [4.78, 5) is 0. The average Bonchev–Trinajstić information content (AvgIpc) is 2.81. The van der Waals surface area contributed by atoms with E-state index in [0.29, 0.717) is 5.69 Å². The normalized spacial score (nSPS) is 12.8. The van der Waals surface area contributed by atoms with Gasteiger partial charge < -0.3 is 5.73 Å². The highest BCUT2D eigenvalue weighted by molar-refractivity contribution is 9.10. The predicted octanol–water partition coefficient (Wildman–Crippen LogP) is 3.66. The van der Waals surface area contributed by atoms with E-state index in [4.69, 9.17) is 5.73 Å². The Morgan fingerprint density at radius 1 is 1.19 bits per heavy atom. The summed E-state index contributed by atoms with van der Waals surface area (Å²) in [7, 11) is 1.77. The summed E-state index contributed by atoms with van der Waals surface area (Å²) < 4.78 is 30.0. The lowest BCUT2D eigenvalue weighted by Gasteiger charge is -2.13. The van der Waals surface area contributed by atoms with Crippen molar-refractivity contribution in [2.75, 3.05) is 0 Å². The van der Waals surface area contributed by atoms with Gasteiger partial charge in [-0.25, -0.2) is 8.78 Å². The number of aryl methyl sites for hydroxylation is 1. The fourth-order valence-corrected chi connectivity index (χ4v) is 2.78. The lowest BCUT2D eigenvalue weighted by Crippen LogP contribution is -2.17. The van der Waals surface area contributed by atoms with Crippen LogP contribution in [0, 0.1) is 11.6 Å². The van der Waals surface area contributed by atoms with E-state index >= 15 is 0 Å². The first-order chi connectivity index (χ1) is 10.0. The van der Waals surface area contributed by atoms with Crippen LogP contribution in [0.4, 0.5) is 8.78 Å². The Labute approximate surface area is 128 Å². The molecule has 3 aromatic rings. The van der Waals surface area contributed by atoms with E-state index < -0.39 is 17.7 Å². The van der Waals surface area contributed by atoms with Crippen LogP contribution < -0.4 is 5.73 Å². The Kier molecular flexibility index (Phi) is 3.51. The highest BCUT2D eigenvalue weighted by atomic mass is 79.9. The zero-order valence-corrected chi connectivity index (χ0v) is 12.7. The van der Waals surface area contributed by atoms with Crippen molar-refractivity contribution in [2.24, 2.45) is 12.8 Å². The first kappa shape index (κ1) is 14.2. The molecule has 0 amide bonds. The van der Waals surface area contributed by atoms with E-state index in [-0.39, 0.29) is 10.0 Å². The predicted molar refractivity (Wildman–Crippen MR) is 80.8 cm³/mol. The first-order valence-corrected chi connectivity index (χ1v) is 7.10. The molecule has 0 saturated carbocycles. The Morgan fingerprint density at radius 3 is 2.67 bits per heavy atom. The third kappa shape index (κ3) is 2.24. The van der Waals surface area contributed by atoms with Crippen LogP contribution in [0.25, 0.3) is 10.9 Å². The second-order valence-electron chi connectivity index (χ2n) is 4.76. The smallest absolute Gasteiger partial charge is 0.145 e. The monoisotopic (exact) mass is 351 g/mol. The SMILES string of the molecule is Cn1nc(C(N)c2c(F)ccc(Br)c2F)c2ccccc21. The number of hydrogen-bond donors (Lipinski definition) is 1. The maximum Gasteiger partial charge on any atom is 0.145 e. The van der Waals surface area contributed by atoms with Gasteiger partial charge in [0.05, 0.1) is 21.7 Å². The van der Waals surface area contributed by atoms with Gasteiger partial charge in [0, 0.05) is 18.0 Å². The molecule has 0 bridgehead atoms. The summed E-state index contributed by atoms with van der Waals surface area (Å²) in [5.74, 6) is -1.38. The Hall–Kier alpha value is -1.79. The van der Waals surface area contributed by atoms with Crippen molar-refractivity contribution in [3.63, 3.8) is 0 Å². The van der Waals surface area contributed by atoms with Crippen LogP contribution in [0.15, 0.2) is 40.9 Å². The minimum Gasteiger partial charge on any atom is -0.319 e. The molecule has 2 N–H and O–H groups in total. The third-order valence-corrected chi connectivity index (χ3v) is 4.08. The van der Waals surface area contributed by atoms with E-state index in [1.165, 1.54) is 12.1 Å². The van der Waals surface area contributed by atoms with Crippen molar-refractivity contribution >= 4 is 26.8 Å². The van der Waals surface area contributed by atoms with Crippen LogP contribution in [0.5, 0.6) is 0 Å². The highest BCUT2D eigenvalue weighted by Crippen LogP contribution is 2.31. The Bertz CT molecular complexity index is 829. The molecule has 21 heavy (non-hydrogen) atoms. The standard InChI is InChI=1S/C15H12BrF2N3/c1-21-11-5-3-2-4-8(11)15(20-21)14(19)12-10(17)7-6-9(16)13(12)18/h2-7,14H,19H2,1H3. The van der Waals surface area contributed by atoms with Crippen molar-refractivity contribution in [3.05, 3.63) is 63.8 Å². The molecule has 0 saturated heterocycles.